The van der Waals surface area contributed by atoms with Gasteiger partial charge >= 0.3 is 6.09 Å². The van der Waals surface area contributed by atoms with Crippen LogP contribution in [0.2, 0.25) is 0 Å². The molecule has 6 nitrogen and oxygen atoms in total. The number of hydrogen-bond donors (Lipinski definition) is 3. The molecule has 0 unspecified atom stereocenters. The first-order valence-electron chi connectivity index (χ1n) is 6.88. The lowest BCUT2D eigenvalue weighted by Gasteiger charge is -2.06. The number of amides is 2. The zero-order valence-electron chi connectivity index (χ0n) is 12.3. The molecule has 0 atom stereocenters. The third kappa shape index (κ3) is 3.01. The van der Waals surface area contributed by atoms with Crippen molar-refractivity contribution in [3.63, 3.8) is 0 Å². The molecular weight excluding hydrogens is 296 g/mol. The summed E-state index contributed by atoms with van der Waals surface area (Å²) in [5.41, 5.74) is 3.17. The van der Waals surface area contributed by atoms with E-state index in [1.807, 2.05) is 0 Å². The van der Waals surface area contributed by atoms with E-state index in [1.165, 1.54) is 7.11 Å². The first-order valence-corrected chi connectivity index (χ1v) is 6.88. The number of ether oxygens (including phenoxy) is 1. The number of rotatable bonds is 2. The third-order valence-corrected chi connectivity index (χ3v) is 3.44. The minimum atomic E-state index is -0.578. The number of carbonyl (C=O) groups excluding carboxylic acids is 2. The van der Waals surface area contributed by atoms with E-state index < -0.39 is 6.09 Å². The van der Waals surface area contributed by atoms with Gasteiger partial charge < -0.3 is 15.2 Å². The van der Waals surface area contributed by atoms with Gasteiger partial charge in [0.05, 0.1) is 7.11 Å². The molecule has 116 valence electrons. The van der Waals surface area contributed by atoms with Gasteiger partial charge in [0.1, 0.15) is 5.75 Å². The van der Waals surface area contributed by atoms with Gasteiger partial charge in [-0.2, -0.15) is 0 Å². The number of fused-ring (bicyclic) bond motifs is 1. The van der Waals surface area contributed by atoms with E-state index in [0.717, 1.165) is 5.56 Å². The summed E-state index contributed by atoms with van der Waals surface area (Å²) < 4.78 is 4.56. The average Bonchev–Trinajstić information content (AvgIpc) is 2.85. The molecule has 0 aliphatic carbocycles. The van der Waals surface area contributed by atoms with E-state index in [-0.39, 0.29) is 11.7 Å². The monoisotopic (exact) mass is 310 g/mol. The van der Waals surface area contributed by atoms with Gasteiger partial charge in [0.25, 0.3) is 5.91 Å². The Morgan fingerprint density at radius 2 is 1.96 bits per heavy atom. The molecule has 3 N–H and O–H groups in total. The molecule has 0 radical (unpaired) electrons. The van der Waals surface area contributed by atoms with E-state index in [0.29, 0.717) is 22.5 Å². The Hall–Kier alpha value is -3.28. The first kappa shape index (κ1) is 14.6. The van der Waals surface area contributed by atoms with Crippen molar-refractivity contribution in [2.75, 3.05) is 17.7 Å². The quantitative estimate of drug-likeness (QED) is 0.744. The summed E-state index contributed by atoms with van der Waals surface area (Å²) in [5.74, 6) is -0.0590. The molecule has 23 heavy (non-hydrogen) atoms. The van der Waals surface area contributed by atoms with Crippen LogP contribution in [0.3, 0.4) is 0 Å². The molecule has 0 bridgehead atoms. The van der Waals surface area contributed by atoms with E-state index in [2.05, 4.69) is 15.4 Å². The van der Waals surface area contributed by atoms with Gasteiger partial charge in [-0.3, -0.25) is 10.1 Å². The fourth-order valence-electron chi connectivity index (χ4n) is 2.32. The van der Waals surface area contributed by atoms with E-state index in [9.17, 15) is 14.7 Å². The first-order chi connectivity index (χ1) is 11.1. The minimum Gasteiger partial charge on any atom is -0.508 e. The molecule has 1 aliphatic rings. The molecule has 0 spiro atoms. The van der Waals surface area contributed by atoms with Crippen LogP contribution in [0.5, 0.6) is 5.75 Å². The number of phenolic OH excluding ortho intramolecular Hbond substituents is 1. The van der Waals surface area contributed by atoms with Crippen molar-refractivity contribution >= 4 is 35.0 Å². The van der Waals surface area contributed by atoms with E-state index in [1.54, 1.807) is 48.5 Å². The average molecular weight is 310 g/mol. The van der Waals surface area contributed by atoms with Gasteiger partial charge in [0, 0.05) is 22.5 Å². The molecule has 2 aromatic rings. The largest absolute Gasteiger partial charge is 0.508 e. The Balaban J connectivity index is 1.98. The van der Waals surface area contributed by atoms with Crippen molar-refractivity contribution in [3.05, 3.63) is 53.6 Å². The highest BCUT2D eigenvalue weighted by atomic mass is 16.5. The molecule has 3 rings (SSSR count). The van der Waals surface area contributed by atoms with E-state index in [4.69, 9.17) is 0 Å². The highest BCUT2D eigenvalue weighted by Crippen LogP contribution is 2.35. The molecule has 0 saturated carbocycles. The van der Waals surface area contributed by atoms with Gasteiger partial charge in [-0.1, -0.05) is 12.1 Å². The number of phenols is 1. The summed E-state index contributed by atoms with van der Waals surface area (Å²) in [7, 11) is 1.28. The Kier molecular flexibility index (Phi) is 3.72. The Bertz CT molecular complexity index is 810. The molecule has 6 heteroatoms. The minimum absolute atomic E-state index is 0.160. The Morgan fingerprint density at radius 1 is 1.22 bits per heavy atom. The van der Waals surface area contributed by atoms with Crippen molar-refractivity contribution in [3.8, 4) is 5.75 Å². The SMILES string of the molecule is COC(=O)Nc1ccc2c(c1)C(=Cc1ccc(O)cc1)C(=O)N2. The maximum Gasteiger partial charge on any atom is 0.411 e. The number of anilines is 2. The van der Waals surface area contributed by atoms with Crippen molar-refractivity contribution < 1.29 is 19.4 Å². The van der Waals surface area contributed by atoms with Crippen LogP contribution in [0.4, 0.5) is 16.2 Å². The summed E-state index contributed by atoms with van der Waals surface area (Å²) in [4.78, 5) is 23.4. The Labute approximate surface area is 132 Å². The summed E-state index contributed by atoms with van der Waals surface area (Å²) in [6.45, 7) is 0. The number of nitrogens with one attached hydrogen (secondary N) is 2. The molecule has 0 fully saturated rings. The third-order valence-electron chi connectivity index (χ3n) is 3.44. The van der Waals surface area contributed by atoms with Gasteiger partial charge in [0.2, 0.25) is 0 Å². The molecule has 0 aromatic heterocycles. The number of hydrogen-bond acceptors (Lipinski definition) is 4. The predicted molar refractivity (Wildman–Crippen MR) is 87.1 cm³/mol. The smallest absolute Gasteiger partial charge is 0.411 e. The molecular formula is C17H14N2O4. The normalized spacial score (nSPS) is 14.3. The summed E-state index contributed by atoms with van der Waals surface area (Å²) in [6.07, 6.45) is 1.15. The number of methoxy groups -OCH3 is 1. The van der Waals surface area contributed by atoms with Crippen LogP contribution < -0.4 is 10.6 Å². The highest BCUT2D eigenvalue weighted by Gasteiger charge is 2.24. The fourth-order valence-corrected chi connectivity index (χ4v) is 2.32. The molecule has 0 saturated heterocycles. The van der Waals surface area contributed by atoms with Gasteiger partial charge in [-0.25, -0.2) is 4.79 Å². The summed E-state index contributed by atoms with van der Waals surface area (Å²) in [5, 5.41) is 14.7. The van der Waals surface area contributed by atoms with Gasteiger partial charge in [0.15, 0.2) is 0 Å². The molecule has 1 aliphatic heterocycles. The van der Waals surface area contributed by atoms with Crippen molar-refractivity contribution in [1.82, 2.24) is 0 Å². The Morgan fingerprint density at radius 3 is 2.65 bits per heavy atom. The maximum atomic E-state index is 12.2. The fraction of sp³-hybridized carbons (Fsp3) is 0.0588. The van der Waals surface area contributed by atoms with Crippen LogP contribution in [0, 0.1) is 0 Å². The number of benzene rings is 2. The second-order valence-electron chi connectivity index (χ2n) is 4.98. The second kappa shape index (κ2) is 5.84. The summed E-state index contributed by atoms with van der Waals surface area (Å²) >= 11 is 0. The summed E-state index contributed by atoms with van der Waals surface area (Å²) in [6, 6.07) is 11.6. The van der Waals surface area contributed by atoms with Crippen molar-refractivity contribution in [2.45, 2.75) is 0 Å². The number of carbonyl (C=O) groups is 2. The van der Waals surface area contributed by atoms with Crippen LogP contribution in [0.25, 0.3) is 11.6 Å². The van der Waals surface area contributed by atoms with Gasteiger partial charge in [-0.05, 0) is 42.0 Å². The van der Waals surface area contributed by atoms with Crippen LogP contribution >= 0.6 is 0 Å². The molecule has 1 heterocycles. The standard InChI is InChI=1S/C17H14N2O4/c1-23-17(22)18-11-4-7-15-13(9-11)14(16(21)19-15)8-10-2-5-12(20)6-3-10/h2-9,20H,1H3,(H,18,22)(H,19,21). The lowest BCUT2D eigenvalue weighted by molar-refractivity contribution is -0.110. The van der Waals surface area contributed by atoms with Crippen LogP contribution in [-0.4, -0.2) is 24.2 Å². The number of aromatic hydroxyl groups is 1. The predicted octanol–water partition coefficient (Wildman–Crippen LogP) is 3.06. The lowest BCUT2D eigenvalue weighted by atomic mass is 10.0. The van der Waals surface area contributed by atoms with Crippen LogP contribution in [0.1, 0.15) is 11.1 Å². The second-order valence-corrected chi connectivity index (χ2v) is 4.98. The zero-order chi connectivity index (χ0) is 16.4. The van der Waals surface area contributed by atoms with Crippen LogP contribution in [0.15, 0.2) is 42.5 Å². The highest BCUT2D eigenvalue weighted by molar-refractivity contribution is 6.35. The van der Waals surface area contributed by atoms with Crippen molar-refractivity contribution in [1.29, 1.82) is 0 Å². The van der Waals surface area contributed by atoms with Crippen molar-refractivity contribution in [2.24, 2.45) is 0 Å². The maximum absolute atomic E-state index is 12.2. The van der Waals surface area contributed by atoms with E-state index >= 15 is 0 Å². The zero-order valence-corrected chi connectivity index (χ0v) is 12.3. The van der Waals surface area contributed by atoms with Gasteiger partial charge in [-0.15, -0.1) is 0 Å². The topological polar surface area (TPSA) is 87.7 Å². The lowest BCUT2D eigenvalue weighted by Crippen LogP contribution is -2.10. The molecule has 2 amide bonds. The molecule has 2 aromatic carbocycles. The van der Waals surface area contributed by atoms with Crippen LogP contribution in [-0.2, 0) is 9.53 Å².